The Hall–Kier alpha value is -11.1. The summed E-state index contributed by atoms with van der Waals surface area (Å²) in [5, 5.41) is 25.4. The minimum Gasteiger partial charge on any atom is -0.474 e. The summed E-state index contributed by atoms with van der Waals surface area (Å²) in [6.45, 7) is 16.8. The van der Waals surface area contributed by atoms with E-state index < -0.39 is 53.4 Å². The number of ether oxygens (including phenoxy) is 1. The van der Waals surface area contributed by atoms with Crippen LogP contribution in [-0.2, 0) is 95.3 Å². The second-order valence-electron chi connectivity index (χ2n) is 28.8. The number of hydroxylamine groups is 1. The van der Waals surface area contributed by atoms with Gasteiger partial charge in [0.25, 0.3) is 0 Å². The number of methoxy groups -OCH3 is 1. The van der Waals surface area contributed by atoms with Gasteiger partial charge >= 0.3 is 65.5 Å². The third-order valence-electron chi connectivity index (χ3n) is 20.3. The van der Waals surface area contributed by atoms with Gasteiger partial charge in [0.2, 0.25) is 0 Å². The highest BCUT2D eigenvalue weighted by Gasteiger charge is 2.31. The lowest BCUT2D eigenvalue weighted by molar-refractivity contribution is -0.158. The maximum Gasteiger partial charge on any atom is 0.396 e. The number of carboxylic acids is 1. The SMILES string of the molecule is CCN(CC)C(=O)N1CCSc2ccccc2C1.CCNC(=O)C(=O)N1CCSc2ccccc2C1.COC(=O)C(=O)N1CCSc2ccccc2C1.O=C(NCCc1cnc[nH]1)N1CCSc2ccccc2C1.O=C(NO)N1CCSc2ccccc2C1.O=C(Nc1ccccc1)C(=O)N1CCSc2ccccc2C1.O=C(O)C(=O)N1CCSc2ccccc2C1. The van der Waals surface area contributed by atoms with Crippen molar-refractivity contribution in [3.8, 4) is 0 Å². The van der Waals surface area contributed by atoms with E-state index in [0.717, 1.165) is 118 Å². The Labute approximate surface area is 770 Å². The van der Waals surface area contributed by atoms with E-state index in [1.807, 2.05) is 192 Å². The van der Waals surface area contributed by atoms with Gasteiger partial charge in [-0.2, -0.15) is 0 Å². The predicted molar refractivity (Wildman–Crippen MR) is 501 cm³/mol. The van der Waals surface area contributed by atoms with Crippen LogP contribution in [0.25, 0.3) is 0 Å². The molecule has 7 aliphatic heterocycles. The van der Waals surface area contributed by atoms with E-state index in [-0.39, 0.29) is 12.1 Å². The van der Waals surface area contributed by atoms with Gasteiger partial charge < -0.3 is 70.0 Å². The summed E-state index contributed by atoms with van der Waals surface area (Å²) in [7, 11) is 1.22. The lowest BCUT2D eigenvalue weighted by Gasteiger charge is -2.28. The molecule has 0 bridgehead atoms. The number of anilines is 1. The number of carboxylic acid groups (broad SMARTS) is 1. The van der Waals surface area contributed by atoms with Crippen LogP contribution in [0.3, 0.4) is 0 Å². The Morgan fingerprint density at radius 3 is 1.05 bits per heavy atom. The molecule has 12 amide bonds. The zero-order chi connectivity index (χ0) is 90.2. The molecule has 8 heterocycles. The van der Waals surface area contributed by atoms with Crippen molar-refractivity contribution in [2.45, 2.75) is 107 Å². The number of thioether (sulfide) groups is 7. The largest absolute Gasteiger partial charge is 0.474 e. The van der Waals surface area contributed by atoms with Crippen LogP contribution in [0.15, 0.2) is 247 Å². The number of carbonyl (C=O) groups is 11. The van der Waals surface area contributed by atoms with E-state index in [0.29, 0.717) is 90.8 Å². The smallest absolute Gasteiger partial charge is 0.396 e. The molecule has 9 aromatic rings. The van der Waals surface area contributed by atoms with Gasteiger partial charge in [-0.05, 0) is 114 Å². The number of H-pyrrole nitrogens is 1. The molecule has 0 fully saturated rings. The number of fused-ring (bicyclic) bond motifs is 7. The molecular formula is C92H106N14O14S7. The number of para-hydroxylation sites is 1. The van der Waals surface area contributed by atoms with Crippen molar-refractivity contribution >= 4 is 153 Å². The Morgan fingerprint density at radius 1 is 0.394 bits per heavy atom. The number of aromatic nitrogens is 2. The zero-order valence-corrected chi connectivity index (χ0v) is 77.0. The number of urea groups is 3. The van der Waals surface area contributed by atoms with E-state index >= 15 is 0 Å². The number of likely N-dealkylation sites (N-methyl/N-ethyl adjacent to an activating group) is 1. The summed E-state index contributed by atoms with van der Waals surface area (Å²) in [6.07, 6.45) is 4.20. The van der Waals surface area contributed by atoms with Gasteiger partial charge in [-0.15, -0.1) is 82.3 Å². The van der Waals surface area contributed by atoms with Crippen molar-refractivity contribution in [1.29, 1.82) is 0 Å². The summed E-state index contributed by atoms with van der Waals surface area (Å²) in [6, 6.07) is 65.1. The maximum absolute atomic E-state index is 12.4. The molecule has 127 heavy (non-hydrogen) atoms. The van der Waals surface area contributed by atoms with Crippen molar-refractivity contribution in [1.82, 2.24) is 65.3 Å². The fraction of sp³-hybridized carbons (Fsp3) is 0.326. The molecule has 0 spiro atoms. The standard InChI is InChI=1S/C17H16N2O2S.C15H18N4OS.C14H20N2OS.C13H16N2O2S.C12H13NO3S.C11H11NO3S.C10H12N2O2S/c20-16(18-14-7-2-1-3-8-14)17(21)19-10-11-22-15-9-5-4-6-13(15)12-19;20-15(17-6-5-13-9-16-11-18-13)19-7-8-21-14-4-2-1-3-12(14)10-19;1-3-15(4-2)14(17)16-9-10-18-13-8-6-5-7-12(13)11-16;1-2-14-12(16)13(17)15-7-8-18-11-6-4-3-5-10(11)9-15;1-16-12(15)11(14)13-6-7-17-10-5-3-2-4-9(10)8-13;13-10(11(14)15)12-5-6-16-9-4-2-1-3-8(9)7-12;13-10(11-14)12-5-6-15-9-4-2-1-3-8(9)7-12/h1-9H,10-12H2,(H,18,20);1-4,9,11H,5-8,10H2,(H,16,18)(H,17,20);5-8H,3-4,9-11H2,1-2H3;3-6H,2,7-9H2,1H3,(H,14,16);2-5H,6-8H2,1H3;1-4H,5-7H2,(H,14,15);1-4,14H,5-7H2,(H,11,13). The van der Waals surface area contributed by atoms with Crippen LogP contribution in [0.4, 0.5) is 20.1 Å². The minimum atomic E-state index is -1.38. The molecule has 35 heteroatoms. The molecule has 0 aliphatic carbocycles. The van der Waals surface area contributed by atoms with Crippen LogP contribution in [0.2, 0.25) is 0 Å². The van der Waals surface area contributed by atoms with Gasteiger partial charge in [0.05, 0.1) is 13.4 Å². The van der Waals surface area contributed by atoms with E-state index in [1.165, 1.54) is 57.4 Å². The van der Waals surface area contributed by atoms with Crippen molar-refractivity contribution in [2.24, 2.45) is 0 Å². The molecular weight excluding hydrogens is 1750 g/mol. The van der Waals surface area contributed by atoms with Gasteiger partial charge in [-0.3, -0.25) is 34.0 Å². The van der Waals surface area contributed by atoms with Crippen LogP contribution >= 0.6 is 82.3 Å². The highest BCUT2D eigenvalue weighted by Crippen LogP contribution is 2.34. The molecule has 0 radical (unpaired) electrons. The average molecular weight is 1860 g/mol. The summed E-state index contributed by atoms with van der Waals surface area (Å²) in [5.74, 6) is 0.312. The van der Waals surface area contributed by atoms with E-state index in [4.69, 9.17) is 10.3 Å². The van der Waals surface area contributed by atoms with Gasteiger partial charge in [0, 0.05) is 216 Å². The molecule has 0 atom stereocenters. The van der Waals surface area contributed by atoms with Gasteiger partial charge in [0.15, 0.2) is 0 Å². The monoisotopic (exact) mass is 1850 g/mol. The first-order valence-corrected chi connectivity index (χ1v) is 48.5. The first kappa shape index (κ1) is 98.1. The number of nitrogens with zero attached hydrogens (tertiary/aromatic N) is 9. The fourth-order valence-corrected chi connectivity index (χ4v) is 20.8. The normalized spacial score (nSPS) is 14.7. The first-order valence-electron chi connectivity index (χ1n) is 41.6. The van der Waals surface area contributed by atoms with Crippen molar-refractivity contribution in [3.05, 3.63) is 257 Å². The van der Waals surface area contributed by atoms with Crippen LogP contribution in [0.1, 0.15) is 65.4 Å². The van der Waals surface area contributed by atoms with Crippen molar-refractivity contribution in [3.63, 3.8) is 0 Å². The lowest BCUT2D eigenvalue weighted by atomic mass is 10.2. The number of amides is 12. The quantitative estimate of drug-likeness (QED) is 0.0337. The zero-order valence-electron chi connectivity index (χ0n) is 71.3. The summed E-state index contributed by atoms with van der Waals surface area (Å²) in [4.78, 5) is 158. The van der Waals surface area contributed by atoms with Gasteiger partial charge in [-0.1, -0.05) is 146 Å². The number of aliphatic carboxylic acids is 1. The highest BCUT2D eigenvalue weighted by atomic mass is 32.2. The number of hydrogen-bond donors (Lipinski definition) is 7. The maximum atomic E-state index is 12.4. The second-order valence-corrected chi connectivity index (χ2v) is 36.7. The van der Waals surface area contributed by atoms with Crippen molar-refractivity contribution in [2.75, 3.05) is 125 Å². The number of esters is 1. The molecule has 0 saturated carbocycles. The Bertz CT molecular complexity index is 5180. The molecule has 16 rings (SSSR count). The van der Waals surface area contributed by atoms with E-state index in [9.17, 15) is 52.7 Å². The number of imidazole rings is 1. The summed E-state index contributed by atoms with van der Waals surface area (Å²) < 4.78 is 4.46. The lowest BCUT2D eigenvalue weighted by Crippen LogP contribution is -2.43. The predicted octanol–water partition coefficient (Wildman–Crippen LogP) is 13.5. The number of carbonyl (C=O) groups excluding carboxylic acids is 10. The van der Waals surface area contributed by atoms with Crippen LogP contribution < -0.4 is 21.4 Å². The second kappa shape index (κ2) is 52.3. The number of benzene rings is 8. The summed E-state index contributed by atoms with van der Waals surface area (Å²) >= 11 is 12.2. The van der Waals surface area contributed by atoms with Crippen LogP contribution in [-0.4, -0.2) is 244 Å². The molecule has 28 nitrogen and oxygen atoms in total. The average Bonchev–Trinajstić information content (AvgIpc) is 1.79. The van der Waals surface area contributed by atoms with Crippen LogP contribution in [0.5, 0.6) is 0 Å². The summed E-state index contributed by atoms with van der Waals surface area (Å²) in [5.41, 5.74) is 11.2. The Balaban J connectivity index is 0.000000155. The highest BCUT2D eigenvalue weighted by molar-refractivity contribution is 8.00. The fourth-order valence-electron chi connectivity index (χ4n) is 13.7. The Kier molecular flexibility index (Phi) is 40.4. The number of hydrogen-bond acceptors (Lipinski definition) is 21. The minimum absolute atomic E-state index is 0.00631. The molecule has 1 aromatic heterocycles. The number of nitrogens with one attached hydrogen (secondary N) is 5. The molecule has 8 aromatic carbocycles. The topological polar surface area (TPSA) is 340 Å². The van der Waals surface area contributed by atoms with Gasteiger partial charge in [-0.25, -0.2) is 34.4 Å². The third-order valence-corrected chi connectivity index (χ3v) is 28.0. The Morgan fingerprint density at radius 2 is 0.709 bits per heavy atom. The molecule has 7 aliphatic rings. The molecule has 0 saturated heterocycles. The van der Waals surface area contributed by atoms with Crippen LogP contribution in [0, 0.1) is 0 Å². The number of aromatic amines is 1. The molecule has 670 valence electrons. The first-order chi connectivity index (χ1) is 61.8. The molecule has 7 N–H and O–H groups in total. The number of rotatable bonds is 7. The van der Waals surface area contributed by atoms with Gasteiger partial charge in [0.1, 0.15) is 0 Å². The van der Waals surface area contributed by atoms with Crippen molar-refractivity contribution < 1.29 is 67.8 Å². The molecule has 0 unspecified atom stereocenters. The third kappa shape index (κ3) is 30.3. The van der Waals surface area contributed by atoms with E-state index in [1.54, 1.807) is 111 Å². The van der Waals surface area contributed by atoms with E-state index in [2.05, 4.69) is 79.2 Å².